The average Bonchev–Trinajstić information content (AvgIpc) is 2.44. The van der Waals surface area contributed by atoms with Crippen LogP contribution in [0.5, 0.6) is 0 Å². The van der Waals surface area contributed by atoms with E-state index in [9.17, 15) is 21.6 Å². The molecule has 0 aromatic heterocycles. The molecule has 0 saturated heterocycles. The van der Waals surface area contributed by atoms with Gasteiger partial charge in [0, 0.05) is 5.54 Å². The maximum atomic E-state index is 12.9. The lowest BCUT2D eigenvalue weighted by Gasteiger charge is -2.56. The summed E-state index contributed by atoms with van der Waals surface area (Å²) in [4.78, 5) is -0.298. The lowest BCUT2D eigenvalue weighted by atomic mass is 9.53. The van der Waals surface area contributed by atoms with Gasteiger partial charge in [-0.1, -0.05) is 6.07 Å². The first-order valence-electron chi connectivity index (χ1n) is 8.36. The van der Waals surface area contributed by atoms with E-state index in [0.717, 1.165) is 37.5 Å². The van der Waals surface area contributed by atoms with E-state index in [1.165, 1.54) is 25.3 Å². The van der Waals surface area contributed by atoms with E-state index >= 15 is 0 Å². The van der Waals surface area contributed by atoms with Gasteiger partial charge in [0.25, 0.3) is 0 Å². The summed E-state index contributed by atoms with van der Waals surface area (Å²) in [6, 6.07) is 4.00. The maximum Gasteiger partial charge on any atom is 0.416 e. The molecule has 1 aromatic rings. The van der Waals surface area contributed by atoms with Gasteiger partial charge in [0.2, 0.25) is 10.0 Å². The van der Waals surface area contributed by atoms with Gasteiger partial charge in [-0.2, -0.15) is 13.2 Å². The molecule has 0 unspecified atom stereocenters. The molecule has 132 valence electrons. The van der Waals surface area contributed by atoms with Gasteiger partial charge in [-0.25, -0.2) is 13.1 Å². The Bertz CT molecular complexity index is 722. The smallest absolute Gasteiger partial charge is 0.207 e. The Kier molecular flexibility index (Phi) is 3.56. The molecule has 0 radical (unpaired) electrons. The second-order valence-corrected chi connectivity index (χ2v) is 9.51. The van der Waals surface area contributed by atoms with E-state index in [2.05, 4.69) is 4.72 Å². The van der Waals surface area contributed by atoms with Gasteiger partial charge in [-0.05, 0) is 74.5 Å². The Morgan fingerprint density at radius 1 is 1.00 bits per heavy atom. The fourth-order valence-electron chi connectivity index (χ4n) is 5.42. The SMILES string of the molecule is O=S(=O)(NC12CC3CC(CC(C3)C1)C2)c1cccc(C(F)(F)F)c1. The molecule has 0 heterocycles. The van der Waals surface area contributed by atoms with Crippen LogP contribution >= 0.6 is 0 Å². The molecule has 0 spiro atoms. The van der Waals surface area contributed by atoms with E-state index in [-0.39, 0.29) is 4.90 Å². The number of rotatable bonds is 3. The molecule has 4 bridgehead atoms. The minimum Gasteiger partial charge on any atom is -0.207 e. The first-order valence-corrected chi connectivity index (χ1v) is 9.85. The molecule has 24 heavy (non-hydrogen) atoms. The van der Waals surface area contributed by atoms with Crippen molar-refractivity contribution < 1.29 is 21.6 Å². The highest BCUT2D eigenvalue weighted by Crippen LogP contribution is 2.56. The first kappa shape index (κ1) is 16.4. The van der Waals surface area contributed by atoms with E-state index in [1.54, 1.807) is 0 Å². The molecule has 1 aromatic carbocycles. The summed E-state index contributed by atoms with van der Waals surface area (Å²) in [6.45, 7) is 0. The summed E-state index contributed by atoms with van der Waals surface area (Å²) < 4.78 is 66.8. The predicted molar refractivity (Wildman–Crippen MR) is 82.7 cm³/mol. The van der Waals surface area contributed by atoms with Gasteiger partial charge in [0.1, 0.15) is 0 Å². The number of hydrogen-bond donors (Lipinski definition) is 1. The molecule has 4 aliphatic carbocycles. The topological polar surface area (TPSA) is 46.2 Å². The van der Waals surface area contributed by atoms with Crippen LogP contribution < -0.4 is 4.72 Å². The van der Waals surface area contributed by atoms with Crippen LogP contribution in [0.15, 0.2) is 29.2 Å². The molecular formula is C17H20F3NO2S. The van der Waals surface area contributed by atoms with Gasteiger partial charge in [0.05, 0.1) is 10.5 Å². The molecule has 1 N–H and O–H groups in total. The van der Waals surface area contributed by atoms with E-state index < -0.39 is 27.3 Å². The Balaban J connectivity index is 1.62. The molecule has 7 heteroatoms. The highest BCUT2D eigenvalue weighted by Gasteiger charge is 2.52. The number of benzene rings is 1. The normalized spacial score (nSPS) is 35.4. The third-order valence-corrected chi connectivity index (χ3v) is 7.44. The highest BCUT2D eigenvalue weighted by atomic mass is 32.2. The van der Waals surface area contributed by atoms with Crippen LogP contribution in [0.4, 0.5) is 13.2 Å². The molecule has 4 aliphatic rings. The monoisotopic (exact) mass is 359 g/mol. The summed E-state index contributed by atoms with van der Waals surface area (Å²) in [5.41, 5.74) is -1.39. The van der Waals surface area contributed by atoms with Crippen molar-refractivity contribution >= 4 is 10.0 Å². The average molecular weight is 359 g/mol. The van der Waals surface area contributed by atoms with Gasteiger partial charge in [0.15, 0.2) is 0 Å². The quantitative estimate of drug-likeness (QED) is 0.888. The third-order valence-electron chi connectivity index (χ3n) is 5.86. The van der Waals surface area contributed by atoms with Crippen molar-refractivity contribution in [3.8, 4) is 0 Å². The van der Waals surface area contributed by atoms with E-state index in [1.807, 2.05) is 0 Å². The largest absolute Gasteiger partial charge is 0.416 e. The fourth-order valence-corrected chi connectivity index (χ4v) is 6.90. The summed E-state index contributed by atoms with van der Waals surface area (Å²) >= 11 is 0. The standard InChI is InChI=1S/C17H20F3NO2S/c18-17(19,20)14-2-1-3-15(7-14)24(22,23)21-16-8-11-4-12(9-16)6-13(5-11)10-16/h1-3,7,11-13,21H,4-6,8-10H2. The van der Waals surface area contributed by atoms with Crippen molar-refractivity contribution in [1.82, 2.24) is 4.72 Å². The Labute approximate surface area is 139 Å². The van der Waals surface area contributed by atoms with Crippen LogP contribution in [0.1, 0.15) is 44.1 Å². The number of nitrogens with one attached hydrogen (secondary N) is 1. The van der Waals surface area contributed by atoms with Crippen LogP contribution in [-0.4, -0.2) is 14.0 Å². The third kappa shape index (κ3) is 2.86. The molecule has 4 fully saturated rings. The molecule has 0 atom stereocenters. The lowest BCUT2D eigenvalue weighted by molar-refractivity contribution is -0.137. The minimum absolute atomic E-state index is 0.298. The van der Waals surface area contributed by atoms with Crippen molar-refractivity contribution in [1.29, 1.82) is 0 Å². The fraction of sp³-hybridized carbons (Fsp3) is 0.647. The zero-order valence-electron chi connectivity index (χ0n) is 13.1. The Morgan fingerprint density at radius 3 is 2.04 bits per heavy atom. The van der Waals surface area contributed by atoms with Gasteiger partial charge >= 0.3 is 6.18 Å². The van der Waals surface area contributed by atoms with E-state index in [0.29, 0.717) is 17.8 Å². The summed E-state index contributed by atoms with van der Waals surface area (Å²) in [7, 11) is -3.96. The van der Waals surface area contributed by atoms with Crippen LogP contribution in [-0.2, 0) is 16.2 Å². The maximum absolute atomic E-state index is 12.9. The van der Waals surface area contributed by atoms with Gasteiger partial charge < -0.3 is 0 Å². The van der Waals surface area contributed by atoms with E-state index in [4.69, 9.17) is 0 Å². The molecule has 3 nitrogen and oxygen atoms in total. The van der Waals surface area contributed by atoms with Crippen LogP contribution in [0, 0.1) is 17.8 Å². The van der Waals surface area contributed by atoms with Crippen molar-refractivity contribution in [2.45, 2.75) is 55.1 Å². The minimum atomic E-state index is -4.55. The summed E-state index contributed by atoms with van der Waals surface area (Å²) in [5, 5.41) is 0. The second kappa shape index (κ2) is 5.21. The Hall–Kier alpha value is -1.08. The van der Waals surface area contributed by atoms with Crippen molar-refractivity contribution in [2.24, 2.45) is 17.8 Å². The molecule has 0 amide bonds. The Morgan fingerprint density at radius 2 is 1.54 bits per heavy atom. The van der Waals surface area contributed by atoms with Crippen LogP contribution in [0.2, 0.25) is 0 Å². The first-order chi connectivity index (χ1) is 11.2. The molecule has 5 rings (SSSR count). The number of hydrogen-bond acceptors (Lipinski definition) is 2. The highest BCUT2D eigenvalue weighted by molar-refractivity contribution is 7.89. The lowest BCUT2D eigenvalue weighted by Crippen LogP contribution is -2.59. The van der Waals surface area contributed by atoms with Gasteiger partial charge in [-0.15, -0.1) is 0 Å². The predicted octanol–water partition coefficient (Wildman–Crippen LogP) is 3.95. The number of sulfonamides is 1. The molecule has 0 aliphatic heterocycles. The number of alkyl halides is 3. The van der Waals surface area contributed by atoms with Crippen LogP contribution in [0.3, 0.4) is 0 Å². The second-order valence-electron chi connectivity index (χ2n) is 7.83. The van der Waals surface area contributed by atoms with Crippen molar-refractivity contribution in [3.05, 3.63) is 29.8 Å². The molecule has 4 saturated carbocycles. The summed E-state index contributed by atoms with van der Waals surface area (Å²) in [6.07, 6.45) is 1.41. The van der Waals surface area contributed by atoms with Gasteiger partial charge in [-0.3, -0.25) is 0 Å². The van der Waals surface area contributed by atoms with Crippen molar-refractivity contribution in [2.75, 3.05) is 0 Å². The zero-order valence-corrected chi connectivity index (χ0v) is 14.0. The van der Waals surface area contributed by atoms with Crippen LogP contribution in [0.25, 0.3) is 0 Å². The van der Waals surface area contributed by atoms with Crippen molar-refractivity contribution in [3.63, 3.8) is 0 Å². The summed E-state index contributed by atoms with van der Waals surface area (Å²) in [5.74, 6) is 1.67. The zero-order chi connectivity index (χ0) is 17.2. The molecular weight excluding hydrogens is 339 g/mol. The number of halogens is 3.